The van der Waals surface area contributed by atoms with Crippen molar-refractivity contribution in [1.29, 1.82) is 0 Å². The zero-order valence-electron chi connectivity index (χ0n) is 9.48. The number of benzene rings is 1. The van der Waals surface area contributed by atoms with Gasteiger partial charge in [-0.15, -0.1) is 0 Å². The molecule has 2 aromatic rings. The van der Waals surface area contributed by atoms with Crippen LogP contribution in [0.4, 0.5) is 0 Å². The summed E-state index contributed by atoms with van der Waals surface area (Å²) < 4.78 is 7.52. The van der Waals surface area contributed by atoms with Crippen molar-refractivity contribution in [3.05, 3.63) is 46.5 Å². The minimum Gasteiger partial charge on any atom is -0.497 e. The van der Waals surface area contributed by atoms with Gasteiger partial charge in [-0.2, -0.15) is 0 Å². The fraction of sp³-hybridized carbons (Fsp3) is 0.167. The Balaban J connectivity index is 2.47. The second-order valence-corrected chi connectivity index (χ2v) is 4.39. The molecule has 0 saturated carbocycles. The second kappa shape index (κ2) is 4.71. The SMILES string of the molecule is COc1ccc(Br)c(C(=O)c2nccn2C)c1. The zero-order valence-corrected chi connectivity index (χ0v) is 11.1. The number of carbonyl (C=O) groups is 1. The smallest absolute Gasteiger partial charge is 0.229 e. The molecule has 0 fully saturated rings. The Labute approximate surface area is 107 Å². The lowest BCUT2D eigenvalue weighted by molar-refractivity contribution is 0.102. The molecule has 4 nitrogen and oxygen atoms in total. The van der Waals surface area contributed by atoms with Crippen molar-refractivity contribution in [2.24, 2.45) is 7.05 Å². The van der Waals surface area contributed by atoms with Gasteiger partial charge in [0.05, 0.1) is 7.11 Å². The van der Waals surface area contributed by atoms with Gasteiger partial charge in [0.1, 0.15) is 5.75 Å². The highest BCUT2D eigenvalue weighted by Crippen LogP contribution is 2.24. The minimum absolute atomic E-state index is 0.136. The Hall–Kier alpha value is -1.62. The van der Waals surface area contributed by atoms with Crippen LogP contribution in [0.5, 0.6) is 5.75 Å². The maximum absolute atomic E-state index is 12.2. The van der Waals surface area contributed by atoms with Crippen LogP contribution in [-0.2, 0) is 7.05 Å². The Kier molecular flexibility index (Phi) is 3.28. The molecule has 17 heavy (non-hydrogen) atoms. The topological polar surface area (TPSA) is 44.1 Å². The van der Waals surface area contributed by atoms with E-state index in [0.29, 0.717) is 17.1 Å². The molecule has 1 aromatic heterocycles. The average molecular weight is 295 g/mol. The molecule has 5 heteroatoms. The molecular formula is C12H11BrN2O2. The summed E-state index contributed by atoms with van der Waals surface area (Å²) in [5.41, 5.74) is 0.540. The first-order chi connectivity index (χ1) is 8.13. The standard InChI is InChI=1S/C12H11BrN2O2/c1-15-6-5-14-12(15)11(16)9-7-8(17-2)3-4-10(9)13/h3-7H,1-2H3. The second-order valence-electron chi connectivity index (χ2n) is 3.54. The van der Waals surface area contributed by atoms with Crippen molar-refractivity contribution in [1.82, 2.24) is 9.55 Å². The first-order valence-corrected chi connectivity index (χ1v) is 5.78. The van der Waals surface area contributed by atoms with Gasteiger partial charge in [-0.1, -0.05) is 15.9 Å². The normalized spacial score (nSPS) is 10.3. The summed E-state index contributed by atoms with van der Waals surface area (Å²) in [7, 11) is 3.35. The summed E-state index contributed by atoms with van der Waals surface area (Å²) in [6, 6.07) is 5.27. The highest BCUT2D eigenvalue weighted by Gasteiger charge is 2.17. The lowest BCUT2D eigenvalue weighted by Crippen LogP contribution is -2.09. The van der Waals surface area contributed by atoms with E-state index in [9.17, 15) is 4.79 Å². The van der Waals surface area contributed by atoms with Gasteiger partial charge in [-0.3, -0.25) is 4.79 Å². The number of aromatic nitrogens is 2. The lowest BCUT2D eigenvalue weighted by atomic mass is 10.1. The quantitative estimate of drug-likeness (QED) is 0.817. The highest BCUT2D eigenvalue weighted by molar-refractivity contribution is 9.10. The molecule has 0 N–H and O–H groups in total. The van der Waals surface area contributed by atoms with Gasteiger partial charge in [0.15, 0.2) is 5.82 Å². The summed E-state index contributed by atoms with van der Waals surface area (Å²) in [5.74, 6) is 0.910. The van der Waals surface area contributed by atoms with Gasteiger partial charge in [-0.25, -0.2) is 4.98 Å². The van der Waals surface area contributed by atoms with Crippen molar-refractivity contribution in [2.75, 3.05) is 7.11 Å². The Bertz CT molecular complexity index is 563. The molecule has 1 aromatic carbocycles. The van der Waals surface area contributed by atoms with Crippen molar-refractivity contribution < 1.29 is 9.53 Å². The van der Waals surface area contributed by atoms with Crippen LogP contribution in [0, 0.1) is 0 Å². The zero-order chi connectivity index (χ0) is 12.4. The summed E-state index contributed by atoms with van der Waals surface area (Å²) in [6.07, 6.45) is 3.34. The van der Waals surface area contributed by atoms with Gasteiger partial charge in [0.25, 0.3) is 0 Å². The summed E-state index contributed by atoms with van der Waals surface area (Å²) in [6.45, 7) is 0. The maximum atomic E-state index is 12.2. The number of hydrogen-bond donors (Lipinski definition) is 0. The number of halogens is 1. The minimum atomic E-state index is -0.136. The molecule has 2 rings (SSSR count). The van der Waals surface area contributed by atoms with E-state index < -0.39 is 0 Å². The van der Waals surface area contributed by atoms with Crippen molar-refractivity contribution in [3.8, 4) is 5.75 Å². The molecule has 0 aliphatic heterocycles. The third-order valence-electron chi connectivity index (χ3n) is 2.44. The predicted octanol–water partition coefficient (Wildman–Crippen LogP) is 2.42. The monoisotopic (exact) mass is 294 g/mol. The van der Waals surface area contributed by atoms with Crippen LogP contribution in [0.15, 0.2) is 35.1 Å². The van der Waals surface area contributed by atoms with Gasteiger partial charge < -0.3 is 9.30 Å². The van der Waals surface area contributed by atoms with E-state index in [1.54, 1.807) is 49.3 Å². The molecular weight excluding hydrogens is 284 g/mol. The first-order valence-electron chi connectivity index (χ1n) is 4.99. The fourth-order valence-electron chi connectivity index (χ4n) is 1.51. The summed E-state index contributed by atoms with van der Waals surface area (Å²) >= 11 is 3.36. The number of carbonyl (C=O) groups excluding carboxylic acids is 1. The van der Waals surface area contributed by atoms with E-state index in [0.717, 1.165) is 4.47 Å². The molecule has 0 amide bonds. The molecule has 0 unspecified atom stereocenters. The number of ether oxygens (including phenoxy) is 1. The highest BCUT2D eigenvalue weighted by atomic mass is 79.9. The van der Waals surface area contributed by atoms with Crippen molar-refractivity contribution in [2.45, 2.75) is 0 Å². The average Bonchev–Trinajstić information content (AvgIpc) is 2.75. The lowest BCUT2D eigenvalue weighted by Gasteiger charge is -2.06. The molecule has 0 bridgehead atoms. The maximum Gasteiger partial charge on any atom is 0.229 e. The van der Waals surface area contributed by atoms with Crippen LogP contribution in [0.1, 0.15) is 16.2 Å². The molecule has 1 heterocycles. The largest absolute Gasteiger partial charge is 0.497 e. The van der Waals surface area contributed by atoms with E-state index in [2.05, 4.69) is 20.9 Å². The van der Waals surface area contributed by atoms with E-state index in [4.69, 9.17) is 4.74 Å². The molecule has 0 atom stereocenters. The van der Waals surface area contributed by atoms with Crippen LogP contribution in [0.3, 0.4) is 0 Å². The third-order valence-corrected chi connectivity index (χ3v) is 3.13. The predicted molar refractivity (Wildman–Crippen MR) is 67.3 cm³/mol. The summed E-state index contributed by atoms with van der Waals surface area (Å²) in [4.78, 5) is 16.3. The Morgan fingerprint density at radius 2 is 2.24 bits per heavy atom. The van der Waals surface area contributed by atoms with Crippen molar-refractivity contribution >= 4 is 21.7 Å². The number of imidazole rings is 1. The van der Waals surface area contributed by atoms with Gasteiger partial charge in [-0.05, 0) is 18.2 Å². The molecule has 0 spiro atoms. The third kappa shape index (κ3) is 2.24. The van der Waals surface area contributed by atoms with Gasteiger partial charge >= 0.3 is 0 Å². The summed E-state index contributed by atoms with van der Waals surface area (Å²) in [5, 5.41) is 0. The first kappa shape index (κ1) is 11.9. The molecule has 0 saturated heterocycles. The van der Waals surface area contributed by atoms with E-state index in [1.165, 1.54) is 0 Å². The number of rotatable bonds is 3. The Morgan fingerprint density at radius 1 is 1.47 bits per heavy atom. The fourth-order valence-corrected chi connectivity index (χ4v) is 1.94. The number of aryl methyl sites for hydroxylation is 1. The van der Waals surface area contributed by atoms with E-state index >= 15 is 0 Å². The van der Waals surface area contributed by atoms with Crippen LogP contribution >= 0.6 is 15.9 Å². The number of hydrogen-bond acceptors (Lipinski definition) is 3. The molecule has 0 aliphatic carbocycles. The van der Waals surface area contributed by atoms with E-state index in [1.807, 2.05) is 0 Å². The van der Waals surface area contributed by atoms with Crippen LogP contribution < -0.4 is 4.74 Å². The van der Waals surface area contributed by atoms with Crippen LogP contribution in [-0.4, -0.2) is 22.4 Å². The van der Waals surface area contributed by atoms with E-state index in [-0.39, 0.29) is 5.78 Å². The number of nitrogens with zero attached hydrogens (tertiary/aromatic N) is 2. The Morgan fingerprint density at radius 3 is 2.82 bits per heavy atom. The van der Waals surface area contributed by atoms with Crippen LogP contribution in [0.25, 0.3) is 0 Å². The number of methoxy groups -OCH3 is 1. The molecule has 88 valence electrons. The van der Waals surface area contributed by atoms with Gasteiger partial charge in [0, 0.05) is 29.5 Å². The van der Waals surface area contributed by atoms with Gasteiger partial charge in [0.2, 0.25) is 5.78 Å². The number of ketones is 1. The molecule has 0 aliphatic rings. The van der Waals surface area contributed by atoms with Crippen LogP contribution in [0.2, 0.25) is 0 Å². The van der Waals surface area contributed by atoms with Crippen molar-refractivity contribution in [3.63, 3.8) is 0 Å². The molecule has 0 radical (unpaired) electrons.